The molecule has 0 amide bonds. The Balaban J connectivity index is 1.64. The third kappa shape index (κ3) is 1.99. The molecule has 1 aromatic heterocycles. The molecule has 3 heteroatoms. The van der Waals surface area contributed by atoms with E-state index in [0.717, 1.165) is 35.8 Å². The average molecular weight is 311 g/mol. The number of aromatic hydroxyl groups is 1. The number of furan rings is 1. The molecule has 2 saturated heterocycles. The molecular weight excluding hydrogens is 286 g/mol. The van der Waals surface area contributed by atoms with Crippen molar-refractivity contribution >= 4 is 11.0 Å². The molecule has 2 unspecified atom stereocenters. The van der Waals surface area contributed by atoms with Crippen LogP contribution in [-0.2, 0) is 6.42 Å². The van der Waals surface area contributed by atoms with Crippen LogP contribution in [-0.4, -0.2) is 29.1 Å². The number of hydrogen-bond donors (Lipinski definition) is 1. The smallest absolute Gasteiger partial charge is 0.134 e. The zero-order valence-electron chi connectivity index (χ0n) is 13.8. The number of rotatable bonds is 2. The van der Waals surface area contributed by atoms with Crippen molar-refractivity contribution in [2.45, 2.75) is 51.0 Å². The van der Waals surface area contributed by atoms with Gasteiger partial charge in [0.25, 0.3) is 0 Å². The summed E-state index contributed by atoms with van der Waals surface area (Å²) in [6.45, 7) is 4.75. The molecule has 1 aliphatic carbocycles. The molecule has 0 spiro atoms. The van der Waals surface area contributed by atoms with E-state index in [1.165, 1.54) is 43.6 Å². The van der Waals surface area contributed by atoms with Crippen LogP contribution in [0.4, 0.5) is 0 Å². The first-order chi connectivity index (χ1) is 11.2. The molecule has 4 bridgehead atoms. The Bertz CT molecular complexity index is 749. The minimum Gasteiger partial charge on any atom is -0.508 e. The van der Waals surface area contributed by atoms with Gasteiger partial charge in [0, 0.05) is 36.0 Å². The van der Waals surface area contributed by atoms with Crippen LogP contribution < -0.4 is 0 Å². The molecule has 6 rings (SSSR count). The summed E-state index contributed by atoms with van der Waals surface area (Å²) in [7, 11) is 0. The zero-order chi connectivity index (χ0) is 15.6. The molecule has 122 valence electrons. The molecule has 1 N–H and O–H groups in total. The van der Waals surface area contributed by atoms with Gasteiger partial charge in [0.1, 0.15) is 17.1 Å². The van der Waals surface area contributed by atoms with Crippen molar-refractivity contribution in [3.05, 3.63) is 29.5 Å². The minimum absolute atomic E-state index is 0.346. The van der Waals surface area contributed by atoms with Crippen LogP contribution in [0, 0.1) is 11.8 Å². The van der Waals surface area contributed by atoms with Crippen LogP contribution >= 0.6 is 0 Å². The number of hydrogen-bond acceptors (Lipinski definition) is 3. The second-order valence-corrected chi connectivity index (χ2v) is 7.85. The van der Waals surface area contributed by atoms with Crippen LogP contribution in [0.15, 0.2) is 22.6 Å². The van der Waals surface area contributed by atoms with Crippen LogP contribution in [0.5, 0.6) is 5.75 Å². The summed E-state index contributed by atoms with van der Waals surface area (Å²) in [6, 6.07) is 6.24. The summed E-state index contributed by atoms with van der Waals surface area (Å²) in [4.78, 5) is 2.76. The third-order valence-electron chi connectivity index (χ3n) is 6.48. The Kier molecular flexibility index (Phi) is 3.03. The second-order valence-electron chi connectivity index (χ2n) is 7.85. The Labute approximate surface area is 137 Å². The molecule has 3 aliphatic heterocycles. The van der Waals surface area contributed by atoms with E-state index in [9.17, 15) is 5.11 Å². The average Bonchev–Trinajstić information content (AvgIpc) is 2.85. The summed E-state index contributed by atoms with van der Waals surface area (Å²) in [5.41, 5.74) is 2.32. The molecule has 3 nitrogen and oxygen atoms in total. The van der Waals surface area contributed by atoms with Crippen molar-refractivity contribution in [2.24, 2.45) is 11.8 Å². The van der Waals surface area contributed by atoms with Crippen molar-refractivity contribution in [2.75, 3.05) is 13.1 Å². The lowest BCUT2D eigenvalue weighted by molar-refractivity contribution is -0.0188. The van der Waals surface area contributed by atoms with Gasteiger partial charge in [-0.25, -0.2) is 0 Å². The fourth-order valence-corrected chi connectivity index (χ4v) is 5.78. The van der Waals surface area contributed by atoms with Gasteiger partial charge in [0.2, 0.25) is 0 Å². The van der Waals surface area contributed by atoms with E-state index < -0.39 is 0 Å². The highest BCUT2D eigenvalue weighted by atomic mass is 16.3. The summed E-state index contributed by atoms with van der Waals surface area (Å²) >= 11 is 0. The highest BCUT2D eigenvalue weighted by Gasteiger charge is 2.49. The van der Waals surface area contributed by atoms with Gasteiger partial charge in [-0.15, -0.1) is 0 Å². The summed E-state index contributed by atoms with van der Waals surface area (Å²) < 4.78 is 6.35. The summed E-state index contributed by atoms with van der Waals surface area (Å²) in [6.07, 6.45) is 6.41. The SMILES string of the molecule is CCC[C@@H]1C[C@H]2C[C@H]3c4oc5ccc(O)cc5c4CCN(C2)C13. The Morgan fingerprint density at radius 3 is 3.09 bits per heavy atom. The first-order valence-electron chi connectivity index (χ1n) is 9.23. The maximum atomic E-state index is 9.87. The first kappa shape index (κ1) is 13.9. The predicted octanol–water partition coefficient (Wildman–Crippen LogP) is 4.29. The van der Waals surface area contributed by atoms with E-state index in [-0.39, 0.29) is 0 Å². The highest BCUT2D eigenvalue weighted by Crippen LogP contribution is 2.52. The quantitative estimate of drug-likeness (QED) is 0.899. The number of nitrogens with zero attached hydrogens (tertiary/aromatic N) is 1. The Hall–Kier alpha value is -1.48. The van der Waals surface area contributed by atoms with Crippen molar-refractivity contribution in [1.29, 1.82) is 0 Å². The molecule has 23 heavy (non-hydrogen) atoms. The van der Waals surface area contributed by atoms with Crippen LogP contribution in [0.25, 0.3) is 11.0 Å². The van der Waals surface area contributed by atoms with Gasteiger partial charge in [-0.05, 0) is 55.7 Å². The number of fused-ring (bicyclic) bond motifs is 4. The van der Waals surface area contributed by atoms with Crippen molar-refractivity contribution < 1.29 is 9.52 Å². The molecule has 3 fully saturated rings. The summed E-state index contributed by atoms with van der Waals surface area (Å²) in [5.74, 6) is 3.83. The van der Waals surface area contributed by atoms with E-state index in [0.29, 0.717) is 17.7 Å². The molecule has 1 saturated carbocycles. The maximum Gasteiger partial charge on any atom is 0.134 e. The lowest BCUT2D eigenvalue weighted by atomic mass is 9.65. The van der Waals surface area contributed by atoms with Gasteiger partial charge in [-0.2, -0.15) is 0 Å². The minimum atomic E-state index is 0.346. The normalized spacial score (nSPS) is 35.3. The van der Waals surface area contributed by atoms with Crippen LogP contribution in [0.2, 0.25) is 0 Å². The number of phenolic OH excluding ortho intramolecular Hbond substituents is 1. The van der Waals surface area contributed by atoms with E-state index >= 15 is 0 Å². The molecule has 5 atom stereocenters. The van der Waals surface area contributed by atoms with Gasteiger partial charge in [-0.3, -0.25) is 4.90 Å². The van der Waals surface area contributed by atoms with Crippen molar-refractivity contribution in [3.63, 3.8) is 0 Å². The monoisotopic (exact) mass is 311 g/mol. The largest absolute Gasteiger partial charge is 0.508 e. The van der Waals surface area contributed by atoms with Gasteiger partial charge >= 0.3 is 0 Å². The standard InChI is InChI=1S/C20H25NO2/c1-2-3-13-8-12-9-17-19(13)21(11-12)7-6-15-16-10-14(22)4-5-18(16)23-20(15)17/h4-5,10,12-13,17,19,22H,2-3,6-9,11H2,1H3/t12-,13+,17+,19?/m0/s1. The molecular formula is C20H25NO2. The van der Waals surface area contributed by atoms with Crippen molar-refractivity contribution in [3.8, 4) is 5.75 Å². The molecule has 4 aliphatic rings. The Morgan fingerprint density at radius 1 is 1.30 bits per heavy atom. The molecule has 0 radical (unpaired) electrons. The molecule has 2 aromatic rings. The van der Waals surface area contributed by atoms with E-state index in [4.69, 9.17) is 4.42 Å². The molecule has 4 heterocycles. The third-order valence-corrected chi connectivity index (χ3v) is 6.48. The first-order valence-corrected chi connectivity index (χ1v) is 9.23. The lowest BCUT2D eigenvalue weighted by Gasteiger charge is -2.53. The number of phenols is 1. The second kappa shape index (κ2) is 5.01. The molecule has 1 aromatic carbocycles. The van der Waals surface area contributed by atoms with E-state index in [1.807, 2.05) is 12.1 Å². The predicted molar refractivity (Wildman–Crippen MR) is 90.8 cm³/mol. The zero-order valence-corrected chi connectivity index (χ0v) is 13.8. The van der Waals surface area contributed by atoms with Gasteiger partial charge in [0.05, 0.1) is 0 Å². The maximum absolute atomic E-state index is 9.87. The van der Waals surface area contributed by atoms with Gasteiger partial charge < -0.3 is 9.52 Å². The number of piperidine rings is 2. The number of benzene rings is 1. The fraction of sp³-hybridized carbons (Fsp3) is 0.600. The van der Waals surface area contributed by atoms with Crippen LogP contribution in [0.1, 0.15) is 49.8 Å². The van der Waals surface area contributed by atoms with Gasteiger partial charge in [-0.1, -0.05) is 13.3 Å². The summed E-state index contributed by atoms with van der Waals surface area (Å²) in [5, 5.41) is 11.0. The van der Waals surface area contributed by atoms with Crippen LogP contribution in [0.3, 0.4) is 0 Å². The van der Waals surface area contributed by atoms with E-state index in [1.54, 1.807) is 6.07 Å². The van der Waals surface area contributed by atoms with Gasteiger partial charge in [0.15, 0.2) is 0 Å². The van der Waals surface area contributed by atoms with Crippen molar-refractivity contribution in [1.82, 2.24) is 4.90 Å². The topological polar surface area (TPSA) is 36.6 Å². The van der Waals surface area contributed by atoms with E-state index in [2.05, 4.69) is 11.8 Å². The lowest BCUT2D eigenvalue weighted by Crippen LogP contribution is -2.56. The highest BCUT2D eigenvalue weighted by molar-refractivity contribution is 5.84. The fourth-order valence-electron chi connectivity index (χ4n) is 5.78. The Morgan fingerprint density at radius 2 is 2.22 bits per heavy atom.